The quantitative estimate of drug-likeness (QED) is 0.908. The molecule has 98 valence electrons. The molecule has 1 saturated carbocycles. The highest BCUT2D eigenvalue weighted by Crippen LogP contribution is 2.45. The maximum atomic E-state index is 6.24. The van der Waals surface area contributed by atoms with Gasteiger partial charge < -0.3 is 15.2 Å². The third-order valence-electron chi connectivity index (χ3n) is 3.71. The summed E-state index contributed by atoms with van der Waals surface area (Å²) in [6.07, 6.45) is 3.56. The van der Waals surface area contributed by atoms with Crippen molar-refractivity contribution in [1.82, 2.24) is 0 Å². The first-order chi connectivity index (χ1) is 8.71. The van der Waals surface area contributed by atoms with Crippen molar-refractivity contribution >= 4 is 11.8 Å². The second-order valence-corrected chi connectivity index (χ2v) is 6.28. The lowest BCUT2D eigenvalue weighted by Gasteiger charge is -2.18. The van der Waals surface area contributed by atoms with Crippen LogP contribution in [0.15, 0.2) is 18.2 Å². The third-order valence-corrected chi connectivity index (χ3v) is 4.84. The van der Waals surface area contributed by atoms with Crippen LogP contribution < -0.4 is 15.2 Å². The molecule has 1 aliphatic heterocycles. The molecule has 2 fully saturated rings. The molecule has 0 bridgehead atoms. The summed E-state index contributed by atoms with van der Waals surface area (Å²) in [7, 11) is 1.68. The highest BCUT2D eigenvalue weighted by Gasteiger charge is 2.40. The molecule has 2 aliphatic rings. The number of rotatable bonds is 4. The molecule has 18 heavy (non-hydrogen) atoms. The zero-order valence-corrected chi connectivity index (χ0v) is 11.5. The molecular formula is C14H19NO2S. The van der Waals surface area contributed by atoms with Crippen molar-refractivity contribution in [2.45, 2.75) is 30.9 Å². The smallest absolute Gasteiger partial charge is 0.161 e. The summed E-state index contributed by atoms with van der Waals surface area (Å²) in [5.74, 6) is 3.91. The van der Waals surface area contributed by atoms with Crippen LogP contribution in [0.3, 0.4) is 0 Å². The average molecular weight is 265 g/mol. The summed E-state index contributed by atoms with van der Waals surface area (Å²) in [6, 6.07) is 6.09. The van der Waals surface area contributed by atoms with Crippen molar-refractivity contribution in [1.29, 1.82) is 0 Å². The van der Waals surface area contributed by atoms with Crippen LogP contribution in [0.1, 0.15) is 24.8 Å². The Balaban J connectivity index is 1.84. The van der Waals surface area contributed by atoms with E-state index < -0.39 is 0 Å². The summed E-state index contributed by atoms with van der Waals surface area (Å²) in [6.45, 7) is 0. The summed E-state index contributed by atoms with van der Waals surface area (Å²) in [5, 5.41) is 0. The number of benzene rings is 1. The molecule has 3 nitrogen and oxygen atoms in total. The summed E-state index contributed by atoms with van der Waals surface area (Å²) in [5.41, 5.74) is 7.29. The normalized spacial score (nSPS) is 24.9. The minimum absolute atomic E-state index is 0.116. The van der Waals surface area contributed by atoms with Gasteiger partial charge in [0.15, 0.2) is 11.5 Å². The minimum Gasteiger partial charge on any atom is -0.493 e. The van der Waals surface area contributed by atoms with Gasteiger partial charge in [0.05, 0.1) is 7.11 Å². The van der Waals surface area contributed by atoms with E-state index >= 15 is 0 Å². The molecule has 0 aromatic heterocycles. The Bertz CT molecular complexity index is 439. The maximum absolute atomic E-state index is 6.24. The summed E-state index contributed by atoms with van der Waals surface area (Å²) < 4.78 is 11.4. The highest BCUT2D eigenvalue weighted by atomic mass is 32.2. The zero-order chi connectivity index (χ0) is 12.6. The molecule has 3 rings (SSSR count). The van der Waals surface area contributed by atoms with E-state index in [-0.39, 0.29) is 5.54 Å². The van der Waals surface area contributed by atoms with Crippen molar-refractivity contribution in [3.63, 3.8) is 0 Å². The largest absolute Gasteiger partial charge is 0.493 e. The van der Waals surface area contributed by atoms with Crippen LogP contribution in [-0.2, 0) is 5.54 Å². The van der Waals surface area contributed by atoms with Crippen molar-refractivity contribution < 1.29 is 9.47 Å². The van der Waals surface area contributed by atoms with E-state index in [2.05, 4.69) is 12.1 Å². The number of nitrogens with two attached hydrogens (primary N) is 1. The fourth-order valence-corrected chi connectivity index (χ4v) is 3.38. The van der Waals surface area contributed by atoms with Gasteiger partial charge in [-0.25, -0.2) is 0 Å². The highest BCUT2D eigenvalue weighted by molar-refractivity contribution is 7.99. The molecule has 0 amide bonds. The Morgan fingerprint density at radius 2 is 2.17 bits per heavy atom. The van der Waals surface area contributed by atoms with E-state index in [4.69, 9.17) is 15.2 Å². The Morgan fingerprint density at radius 3 is 2.78 bits per heavy atom. The zero-order valence-electron chi connectivity index (χ0n) is 10.6. The van der Waals surface area contributed by atoms with Gasteiger partial charge in [0.1, 0.15) is 6.10 Å². The fraction of sp³-hybridized carbons (Fsp3) is 0.571. The van der Waals surface area contributed by atoms with Crippen LogP contribution in [-0.4, -0.2) is 24.7 Å². The lowest BCUT2D eigenvalue weighted by Crippen LogP contribution is -2.20. The van der Waals surface area contributed by atoms with Gasteiger partial charge in [-0.1, -0.05) is 6.07 Å². The molecule has 1 aliphatic carbocycles. The van der Waals surface area contributed by atoms with Gasteiger partial charge in [-0.2, -0.15) is 11.8 Å². The van der Waals surface area contributed by atoms with Crippen LogP contribution in [0, 0.1) is 0 Å². The lowest BCUT2D eigenvalue weighted by molar-refractivity contribution is 0.218. The van der Waals surface area contributed by atoms with Crippen LogP contribution in [0.25, 0.3) is 0 Å². The second kappa shape index (κ2) is 4.67. The standard InChI is InChI=1S/C14H19NO2S/c1-16-12-3-2-10(14(15)5-6-14)8-13(12)17-11-4-7-18-9-11/h2-3,8,11H,4-7,9,15H2,1H3. The molecular weight excluding hydrogens is 246 g/mol. The number of thioether (sulfide) groups is 1. The Labute approximate surface area is 112 Å². The van der Waals surface area contributed by atoms with Crippen molar-refractivity contribution in [3.8, 4) is 11.5 Å². The number of hydrogen-bond acceptors (Lipinski definition) is 4. The summed E-state index contributed by atoms with van der Waals surface area (Å²) >= 11 is 1.95. The maximum Gasteiger partial charge on any atom is 0.161 e. The van der Waals surface area contributed by atoms with Crippen LogP contribution in [0.2, 0.25) is 0 Å². The molecule has 1 unspecified atom stereocenters. The molecule has 1 aromatic carbocycles. The van der Waals surface area contributed by atoms with Gasteiger partial charge >= 0.3 is 0 Å². The third kappa shape index (κ3) is 2.31. The van der Waals surface area contributed by atoms with E-state index in [1.54, 1.807) is 7.11 Å². The lowest BCUT2D eigenvalue weighted by atomic mass is 10.1. The molecule has 2 N–H and O–H groups in total. The number of ether oxygens (including phenoxy) is 2. The van der Waals surface area contributed by atoms with E-state index in [0.717, 1.165) is 36.5 Å². The van der Waals surface area contributed by atoms with E-state index in [9.17, 15) is 0 Å². The van der Waals surface area contributed by atoms with Gasteiger partial charge in [0, 0.05) is 11.3 Å². The fourth-order valence-electron chi connectivity index (χ4n) is 2.29. The van der Waals surface area contributed by atoms with E-state index in [1.165, 1.54) is 11.3 Å². The van der Waals surface area contributed by atoms with Crippen molar-refractivity contribution in [2.75, 3.05) is 18.6 Å². The molecule has 1 heterocycles. The monoisotopic (exact) mass is 265 g/mol. The Hall–Kier alpha value is -0.870. The minimum atomic E-state index is -0.116. The molecule has 1 atom stereocenters. The van der Waals surface area contributed by atoms with Crippen LogP contribution in [0.4, 0.5) is 0 Å². The molecule has 1 saturated heterocycles. The van der Waals surface area contributed by atoms with Crippen molar-refractivity contribution in [2.24, 2.45) is 5.73 Å². The Morgan fingerprint density at radius 1 is 1.33 bits per heavy atom. The van der Waals surface area contributed by atoms with Crippen LogP contribution in [0.5, 0.6) is 11.5 Å². The second-order valence-electron chi connectivity index (χ2n) is 5.13. The van der Waals surface area contributed by atoms with Gasteiger partial charge in [-0.3, -0.25) is 0 Å². The summed E-state index contributed by atoms with van der Waals surface area (Å²) in [4.78, 5) is 0. The number of methoxy groups -OCH3 is 1. The van der Waals surface area contributed by atoms with Crippen LogP contribution >= 0.6 is 11.8 Å². The predicted octanol–water partition coefficient (Wildman–Crippen LogP) is 2.53. The SMILES string of the molecule is COc1ccc(C2(N)CC2)cc1OC1CCSC1. The molecule has 1 aromatic rings. The van der Waals surface area contributed by atoms with Gasteiger partial charge in [0.25, 0.3) is 0 Å². The predicted molar refractivity (Wildman–Crippen MR) is 74.5 cm³/mol. The van der Waals surface area contributed by atoms with Gasteiger partial charge in [0.2, 0.25) is 0 Å². The molecule has 4 heteroatoms. The first kappa shape index (κ1) is 12.2. The first-order valence-corrected chi connectivity index (χ1v) is 7.58. The molecule has 0 spiro atoms. The van der Waals surface area contributed by atoms with Gasteiger partial charge in [-0.05, 0) is 42.7 Å². The van der Waals surface area contributed by atoms with E-state index in [0.29, 0.717) is 6.10 Å². The van der Waals surface area contributed by atoms with Gasteiger partial charge in [-0.15, -0.1) is 0 Å². The molecule has 0 radical (unpaired) electrons. The number of hydrogen-bond donors (Lipinski definition) is 1. The topological polar surface area (TPSA) is 44.5 Å². The van der Waals surface area contributed by atoms with E-state index in [1.807, 2.05) is 17.8 Å². The van der Waals surface area contributed by atoms with Crippen molar-refractivity contribution in [3.05, 3.63) is 23.8 Å². The average Bonchev–Trinajstić information content (AvgIpc) is 2.92. The Kier molecular flexibility index (Phi) is 3.16. The first-order valence-electron chi connectivity index (χ1n) is 6.43.